The summed E-state index contributed by atoms with van der Waals surface area (Å²) in [7, 11) is -2.92. The number of fused-ring (bicyclic) bond motifs is 1. The molecule has 4 rings (SSSR count). The average Bonchev–Trinajstić information content (AvgIpc) is 3.13. The Hall–Kier alpha value is -1.51. The third kappa shape index (κ3) is 2.41. The molecule has 9 heteroatoms. The minimum absolute atomic E-state index is 0.0326. The standard InChI is InChI=1S/C13H11ClN4O2S2/c14-10-3-1-8(2-4-10)11-15-16-13-18(11)17-12(21-13)9-5-6-22(19,20)7-9/h1-4,9H,5-7H2/t9-/m1/s1. The second-order valence-electron chi connectivity index (χ2n) is 5.27. The number of sulfone groups is 1. The molecule has 0 N–H and O–H groups in total. The van der Waals surface area contributed by atoms with Crippen LogP contribution in [-0.4, -0.2) is 39.7 Å². The maximum absolute atomic E-state index is 11.6. The largest absolute Gasteiger partial charge is 0.234 e. The van der Waals surface area contributed by atoms with Gasteiger partial charge in [-0.25, -0.2) is 8.42 Å². The molecule has 0 spiro atoms. The zero-order valence-corrected chi connectivity index (χ0v) is 13.7. The number of benzene rings is 1. The molecule has 2 aromatic heterocycles. The summed E-state index contributed by atoms with van der Waals surface area (Å²) < 4.78 is 24.9. The number of aromatic nitrogens is 4. The first kappa shape index (κ1) is 14.1. The van der Waals surface area contributed by atoms with Crippen LogP contribution in [0.25, 0.3) is 16.3 Å². The van der Waals surface area contributed by atoms with Gasteiger partial charge >= 0.3 is 0 Å². The molecule has 1 fully saturated rings. The van der Waals surface area contributed by atoms with Gasteiger partial charge in [0.05, 0.1) is 11.5 Å². The first-order valence-corrected chi connectivity index (χ1v) is 9.72. The number of nitrogens with zero attached hydrogens (tertiary/aromatic N) is 4. The molecule has 114 valence electrons. The van der Waals surface area contributed by atoms with Crippen LogP contribution in [-0.2, 0) is 9.84 Å². The van der Waals surface area contributed by atoms with Crippen LogP contribution < -0.4 is 0 Å². The van der Waals surface area contributed by atoms with Crippen LogP contribution in [0.2, 0.25) is 5.02 Å². The van der Waals surface area contributed by atoms with Crippen molar-refractivity contribution in [3.63, 3.8) is 0 Å². The van der Waals surface area contributed by atoms with E-state index in [2.05, 4.69) is 15.3 Å². The minimum Gasteiger partial charge on any atom is -0.229 e. The second kappa shape index (κ2) is 5.00. The molecule has 0 bridgehead atoms. The molecule has 3 heterocycles. The molecule has 1 aromatic carbocycles. The van der Waals surface area contributed by atoms with E-state index >= 15 is 0 Å². The van der Waals surface area contributed by atoms with Crippen LogP contribution in [0.15, 0.2) is 24.3 Å². The maximum atomic E-state index is 11.6. The minimum atomic E-state index is -2.92. The molecule has 0 amide bonds. The fourth-order valence-corrected chi connectivity index (χ4v) is 5.52. The number of hydrogen-bond acceptors (Lipinski definition) is 6. The monoisotopic (exact) mass is 354 g/mol. The molecular weight excluding hydrogens is 344 g/mol. The zero-order valence-electron chi connectivity index (χ0n) is 11.3. The van der Waals surface area contributed by atoms with Crippen LogP contribution in [0.3, 0.4) is 0 Å². The lowest BCUT2D eigenvalue weighted by molar-refractivity contribution is 0.601. The van der Waals surface area contributed by atoms with Gasteiger partial charge in [-0.2, -0.15) is 9.61 Å². The highest BCUT2D eigenvalue weighted by Crippen LogP contribution is 2.32. The summed E-state index contributed by atoms with van der Waals surface area (Å²) in [6.45, 7) is 0. The third-order valence-electron chi connectivity index (χ3n) is 3.69. The van der Waals surface area contributed by atoms with E-state index in [4.69, 9.17) is 11.6 Å². The van der Waals surface area contributed by atoms with Gasteiger partial charge in [-0.15, -0.1) is 10.2 Å². The summed E-state index contributed by atoms with van der Waals surface area (Å²) in [6.07, 6.45) is 0.628. The normalized spacial score (nSPS) is 20.7. The Labute approximate surface area is 135 Å². The summed E-state index contributed by atoms with van der Waals surface area (Å²) in [4.78, 5) is 0.671. The van der Waals surface area contributed by atoms with Gasteiger partial charge in [0, 0.05) is 16.5 Å². The molecule has 0 radical (unpaired) electrons. The van der Waals surface area contributed by atoms with Gasteiger partial charge in [0.15, 0.2) is 15.7 Å². The smallest absolute Gasteiger partial charge is 0.229 e. The van der Waals surface area contributed by atoms with Crippen molar-refractivity contribution in [1.82, 2.24) is 19.8 Å². The number of hydrogen-bond donors (Lipinski definition) is 0. The third-order valence-corrected chi connectivity index (χ3v) is 6.77. The Morgan fingerprint density at radius 2 is 2.00 bits per heavy atom. The number of halogens is 1. The fraction of sp³-hybridized carbons (Fsp3) is 0.308. The van der Waals surface area contributed by atoms with E-state index in [1.807, 2.05) is 12.1 Å². The molecule has 3 aromatic rings. The Bertz CT molecular complexity index is 946. The summed E-state index contributed by atoms with van der Waals surface area (Å²) >= 11 is 7.30. The van der Waals surface area contributed by atoms with Crippen molar-refractivity contribution in [2.24, 2.45) is 0 Å². The van der Waals surface area contributed by atoms with Gasteiger partial charge in [0.25, 0.3) is 0 Å². The summed E-state index contributed by atoms with van der Waals surface area (Å²) in [5, 5.41) is 14.3. The molecule has 0 unspecified atom stereocenters. The highest BCUT2D eigenvalue weighted by atomic mass is 35.5. The van der Waals surface area contributed by atoms with Crippen molar-refractivity contribution in [2.75, 3.05) is 11.5 Å². The molecule has 1 aliphatic rings. The quantitative estimate of drug-likeness (QED) is 0.706. The Kier molecular flexibility index (Phi) is 3.21. The molecule has 22 heavy (non-hydrogen) atoms. The van der Waals surface area contributed by atoms with Crippen molar-refractivity contribution < 1.29 is 8.42 Å². The first-order chi connectivity index (χ1) is 10.5. The van der Waals surface area contributed by atoms with E-state index in [0.717, 1.165) is 10.6 Å². The molecule has 0 aliphatic carbocycles. The highest BCUT2D eigenvalue weighted by molar-refractivity contribution is 7.91. The van der Waals surface area contributed by atoms with Gasteiger partial charge in [-0.3, -0.25) is 0 Å². The molecule has 0 saturated carbocycles. The topological polar surface area (TPSA) is 77.2 Å². The SMILES string of the molecule is O=S1(=O)CC[C@@H](c2nn3c(-c4ccc(Cl)cc4)nnc3s2)C1. The highest BCUT2D eigenvalue weighted by Gasteiger charge is 2.32. The summed E-state index contributed by atoms with van der Waals surface area (Å²) in [5.74, 6) is 1.01. The molecule has 6 nitrogen and oxygen atoms in total. The van der Waals surface area contributed by atoms with E-state index in [-0.39, 0.29) is 17.4 Å². The van der Waals surface area contributed by atoms with E-state index in [1.165, 1.54) is 11.3 Å². The van der Waals surface area contributed by atoms with Gasteiger partial charge in [0.2, 0.25) is 4.96 Å². The predicted molar refractivity (Wildman–Crippen MR) is 85.1 cm³/mol. The Morgan fingerprint density at radius 3 is 2.68 bits per heavy atom. The van der Waals surface area contributed by atoms with E-state index < -0.39 is 9.84 Å². The van der Waals surface area contributed by atoms with Gasteiger partial charge < -0.3 is 0 Å². The molecule has 1 aliphatic heterocycles. The van der Waals surface area contributed by atoms with Crippen molar-refractivity contribution >= 4 is 37.7 Å². The average molecular weight is 355 g/mol. The fourth-order valence-electron chi connectivity index (χ4n) is 2.57. The van der Waals surface area contributed by atoms with Crippen molar-refractivity contribution in [3.05, 3.63) is 34.3 Å². The lowest BCUT2D eigenvalue weighted by atomic mass is 10.1. The van der Waals surface area contributed by atoms with Crippen LogP contribution in [0.5, 0.6) is 0 Å². The second-order valence-corrected chi connectivity index (χ2v) is 8.92. The maximum Gasteiger partial charge on any atom is 0.234 e. The lowest BCUT2D eigenvalue weighted by Gasteiger charge is -2.01. The van der Waals surface area contributed by atoms with E-state index in [1.54, 1.807) is 16.6 Å². The van der Waals surface area contributed by atoms with E-state index in [0.29, 0.717) is 22.2 Å². The van der Waals surface area contributed by atoms with Crippen LogP contribution in [0.4, 0.5) is 0 Å². The molecule has 1 saturated heterocycles. The predicted octanol–water partition coefficient (Wildman–Crippen LogP) is 2.41. The van der Waals surface area contributed by atoms with Crippen LogP contribution in [0, 0.1) is 0 Å². The van der Waals surface area contributed by atoms with Gasteiger partial charge in [-0.05, 0) is 30.7 Å². The summed E-state index contributed by atoms with van der Waals surface area (Å²) in [6, 6.07) is 7.29. The summed E-state index contributed by atoms with van der Waals surface area (Å²) in [5.41, 5.74) is 0.868. The Morgan fingerprint density at radius 1 is 1.23 bits per heavy atom. The number of rotatable bonds is 2. The van der Waals surface area contributed by atoms with Gasteiger partial charge in [-0.1, -0.05) is 22.9 Å². The lowest BCUT2D eigenvalue weighted by Crippen LogP contribution is -2.04. The molecule has 1 atom stereocenters. The van der Waals surface area contributed by atoms with Crippen molar-refractivity contribution in [3.8, 4) is 11.4 Å². The van der Waals surface area contributed by atoms with Crippen molar-refractivity contribution in [1.29, 1.82) is 0 Å². The molecular formula is C13H11ClN4O2S2. The first-order valence-electron chi connectivity index (χ1n) is 6.70. The zero-order chi connectivity index (χ0) is 15.3. The van der Waals surface area contributed by atoms with Gasteiger partial charge in [0.1, 0.15) is 5.01 Å². The van der Waals surface area contributed by atoms with Crippen LogP contribution >= 0.6 is 22.9 Å². The van der Waals surface area contributed by atoms with Crippen LogP contribution in [0.1, 0.15) is 17.3 Å². The van der Waals surface area contributed by atoms with Crippen molar-refractivity contribution in [2.45, 2.75) is 12.3 Å². The van der Waals surface area contributed by atoms with E-state index in [9.17, 15) is 8.42 Å². The Balaban J connectivity index is 1.75.